The highest BCUT2D eigenvalue weighted by Gasteiger charge is 2.19. The van der Waals surface area contributed by atoms with E-state index in [4.69, 9.17) is 16.0 Å². The number of rotatable bonds is 2. The summed E-state index contributed by atoms with van der Waals surface area (Å²) in [6, 6.07) is 11.4. The molecule has 2 aromatic carbocycles. The second-order valence-corrected chi connectivity index (χ2v) is 5.39. The number of hydrogen-bond donors (Lipinski definition) is 1. The van der Waals surface area contributed by atoms with E-state index in [2.05, 4.69) is 15.5 Å². The molecule has 2 heterocycles. The summed E-state index contributed by atoms with van der Waals surface area (Å²) in [7, 11) is 0. The van der Waals surface area contributed by atoms with Gasteiger partial charge in [-0.25, -0.2) is 0 Å². The summed E-state index contributed by atoms with van der Waals surface area (Å²) in [6.45, 7) is 0. The highest BCUT2D eigenvalue weighted by atomic mass is 35.5. The zero-order valence-electron chi connectivity index (χ0n) is 11.3. The van der Waals surface area contributed by atoms with E-state index in [0.717, 1.165) is 22.4 Å². The van der Waals surface area contributed by atoms with Crippen molar-refractivity contribution in [2.45, 2.75) is 6.42 Å². The molecule has 6 heteroatoms. The SMILES string of the molecule is O=C1Cc2cc(-c3cccc(-c4nnco4)c3Cl)ccc2N1. The predicted octanol–water partition coefficient (Wildman–Crippen LogP) is 3.55. The zero-order chi connectivity index (χ0) is 15.1. The van der Waals surface area contributed by atoms with Crippen LogP contribution < -0.4 is 5.32 Å². The molecule has 0 spiro atoms. The smallest absolute Gasteiger partial charge is 0.248 e. The van der Waals surface area contributed by atoms with Crippen molar-refractivity contribution in [3.05, 3.63) is 53.4 Å². The largest absolute Gasteiger partial charge is 0.423 e. The van der Waals surface area contributed by atoms with Gasteiger partial charge in [0.1, 0.15) is 0 Å². The average molecular weight is 312 g/mol. The van der Waals surface area contributed by atoms with E-state index in [1.165, 1.54) is 6.39 Å². The molecule has 0 radical (unpaired) electrons. The lowest BCUT2D eigenvalue weighted by Crippen LogP contribution is -2.03. The summed E-state index contributed by atoms with van der Waals surface area (Å²) in [5.41, 5.74) is 4.33. The van der Waals surface area contributed by atoms with E-state index in [1.54, 1.807) is 0 Å². The summed E-state index contributed by atoms with van der Waals surface area (Å²) in [4.78, 5) is 11.5. The Kier molecular flexibility index (Phi) is 2.94. The minimum Gasteiger partial charge on any atom is -0.423 e. The predicted molar refractivity (Wildman–Crippen MR) is 82.5 cm³/mol. The molecule has 5 nitrogen and oxygen atoms in total. The Morgan fingerprint density at radius 3 is 2.86 bits per heavy atom. The number of carbonyl (C=O) groups excluding carboxylic acids is 1. The molecule has 1 amide bonds. The van der Waals surface area contributed by atoms with Crippen LogP contribution >= 0.6 is 11.6 Å². The van der Waals surface area contributed by atoms with Crippen molar-refractivity contribution in [3.63, 3.8) is 0 Å². The number of nitrogens with one attached hydrogen (secondary N) is 1. The first kappa shape index (κ1) is 13.0. The fourth-order valence-corrected chi connectivity index (χ4v) is 2.92. The fraction of sp³-hybridized carbons (Fsp3) is 0.0625. The third-order valence-electron chi connectivity index (χ3n) is 3.63. The van der Waals surface area contributed by atoms with E-state index in [-0.39, 0.29) is 5.91 Å². The summed E-state index contributed by atoms with van der Waals surface area (Å²) in [6.07, 6.45) is 1.66. The van der Waals surface area contributed by atoms with Gasteiger partial charge in [0.25, 0.3) is 0 Å². The molecule has 0 fully saturated rings. The van der Waals surface area contributed by atoms with Gasteiger partial charge in [-0.15, -0.1) is 10.2 Å². The fourth-order valence-electron chi connectivity index (χ4n) is 2.61. The first-order valence-electron chi connectivity index (χ1n) is 6.70. The van der Waals surface area contributed by atoms with Crippen molar-refractivity contribution >= 4 is 23.2 Å². The number of fused-ring (bicyclic) bond motifs is 1. The molecule has 0 saturated heterocycles. The number of hydrogen-bond acceptors (Lipinski definition) is 4. The third kappa shape index (κ3) is 2.07. The topological polar surface area (TPSA) is 68.0 Å². The molecule has 0 bridgehead atoms. The van der Waals surface area contributed by atoms with Crippen molar-refractivity contribution < 1.29 is 9.21 Å². The van der Waals surface area contributed by atoms with E-state index >= 15 is 0 Å². The maximum Gasteiger partial charge on any atom is 0.248 e. The Morgan fingerprint density at radius 1 is 1.18 bits per heavy atom. The van der Waals surface area contributed by atoms with E-state index in [9.17, 15) is 4.79 Å². The first-order valence-corrected chi connectivity index (χ1v) is 7.08. The Balaban J connectivity index is 1.83. The maximum absolute atomic E-state index is 11.5. The van der Waals surface area contributed by atoms with Crippen molar-refractivity contribution in [3.8, 4) is 22.6 Å². The number of amides is 1. The lowest BCUT2D eigenvalue weighted by atomic mass is 9.99. The van der Waals surface area contributed by atoms with Crippen LogP contribution in [-0.2, 0) is 11.2 Å². The second kappa shape index (κ2) is 4.96. The van der Waals surface area contributed by atoms with Crippen molar-refractivity contribution in [1.29, 1.82) is 0 Å². The van der Waals surface area contributed by atoms with Crippen LogP contribution in [0.5, 0.6) is 0 Å². The molecule has 1 aromatic heterocycles. The van der Waals surface area contributed by atoms with Gasteiger partial charge in [-0.2, -0.15) is 0 Å². The average Bonchev–Trinajstić information content (AvgIpc) is 3.15. The molecular formula is C16H10ClN3O2. The molecule has 3 aromatic rings. The molecule has 1 N–H and O–H groups in total. The van der Waals surface area contributed by atoms with Gasteiger partial charge in [0.15, 0.2) is 0 Å². The van der Waals surface area contributed by atoms with Crippen LogP contribution in [0.3, 0.4) is 0 Å². The number of aromatic nitrogens is 2. The van der Waals surface area contributed by atoms with Crippen LogP contribution in [0, 0.1) is 0 Å². The van der Waals surface area contributed by atoms with E-state index in [0.29, 0.717) is 22.9 Å². The van der Waals surface area contributed by atoms with Gasteiger partial charge in [-0.3, -0.25) is 4.79 Å². The van der Waals surface area contributed by atoms with Crippen LogP contribution in [-0.4, -0.2) is 16.1 Å². The lowest BCUT2D eigenvalue weighted by Gasteiger charge is -2.09. The summed E-state index contributed by atoms with van der Waals surface area (Å²) in [5, 5.41) is 10.9. The third-order valence-corrected chi connectivity index (χ3v) is 4.04. The van der Waals surface area contributed by atoms with Gasteiger partial charge in [0.05, 0.1) is 17.0 Å². The number of nitrogens with zero attached hydrogens (tertiary/aromatic N) is 2. The molecule has 0 atom stereocenters. The minimum absolute atomic E-state index is 0.0119. The first-order chi connectivity index (χ1) is 10.7. The van der Waals surface area contributed by atoms with Gasteiger partial charge < -0.3 is 9.73 Å². The van der Waals surface area contributed by atoms with Crippen molar-refractivity contribution in [2.75, 3.05) is 5.32 Å². The van der Waals surface area contributed by atoms with Crippen LogP contribution in [0.25, 0.3) is 22.6 Å². The van der Waals surface area contributed by atoms with Gasteiger partial charge >= 0.3 is 0 Å². The summed E-state index contributed by atoms with van der Waals surface area (Å²) < 4.78 is 5.22. The lowest BCUT2D eigenvalue weighted by molar-refractivity contribution is -0.115. The molecule has 1 aliphatic rings. The summed E-state index contributed by atoms with van der Waals surface area (Å²) >= 11 is 6.50. The minimum atomic E-state index is 0.0119. The molecule has 0 unspecified atom stereocenters. The summed E-state index contributed by atoms with van der Waals surface area (Å²) in [5.74, 6) is 0.391. The maximum atomic E-state index is 11.5. The molecule has 22 heavy (non-hydrogen) atoms. The Labute approximate surface area is 130 Å². The molecule has 0 saturated carbocycles. The normalized spacial score (nSPS) is 13.0. The zero-order valence-corrected chi connectivity index (χ0v) is 12.1. The quantitative estimate of drug-likeness (QED) is 0.786. The molecular weight excluding hydrogens is 302 g/mol. The highest BCUT2D eigenvalue weighted by Crippen LogP contribution is 2.37. The standard InChI is InChI=1S/C16H10ClN3O2/c17-15-11(2-1-3-12(15)16-20-18-8-22-16)9-4-5-13-10(6-9)7-14(21)19-13/h1-6,8H,7H2,(H,19,21). The van der Waals surface area contributed by atoms with Gasteiger partial charge in [0.2, 0.25) is 18.2 Å². The molecule has 4 rings (SSSR count). The molecule has 0 aliphatic carbocycles. The van der Waals surface area contributed by atoms with Crippen LogP contribution in [0.4, 0.5) is 5.69 Å². The number of carbonyl (C=O) groups is 1. The second-order valence-electron chi connectivity index (χ2n) is 5.01. The Morgan fingerprint density at radius 2 is 2.05 bits per heavy atom. The number of benzene rings is 2. The molecule has 108 valence electrons. The number of halogens is 1. The van der Waals surface area contributed by atoms with E-state index < -0.39 is 0 Å². The highest BCUT2D eigenvalue weighted by molar-refractivity contribution is 6.36. The number of anilines is 1. The van der Waals surface area contributed by atoms with Gasteiger partial charge in [0, 0.05) is 11.3 Å². The van der Waals surface area contributed by atoms with Gasteiger partial charge in [-0.1, -0.05) is 29.8 Å². The Hall–Kier alpha value is -2.66. The van der Waals surface area contributed by atoms with Crippen LogP contribution in [0.1, 0.15) is 5.56 Å². The van der Waals surface area contributed by atoms with Crippen molar-refractivity contribution in [1.82, 2.24) is 10.2 Å². The Bertz CT molecular complexity index is 875. The van der Waals surface area contributed by atoms with Crippen LogP contribution in [0.2, 0.25) is 5.02 Å². The van der Waals surface area contributed by atoms with Crippen molar-refractivity contribution in [2.24, 2.45) is 0 Å². The monoisotopic (exact) mass is 311 g/mol. The molecule has 1 aliphatic heterocycles. The van der Waals surface area contributed by atoms with Crippen LogP contribution in [0.15, 0.2) is 47.2 Å². The van der Waals surface area contributed by atoms with Gasteiger partial charge in [-0.05, 0) is 29.3 Å². The van der Waals surface area contributed by atoms with E-state index in [1.807, 2.05) is 36.4 Å².